The molecule has 1 aliphatic heterocycles. The van der Waals surface area contributed by atoms with Crippen LogP contribution in [0.2, 0.25) is 0 Å². The predicted molar refractivity (Wildman–Crippen MR) is 77.7 cm³/mol. The van der Waals surface area contributed by atoms with E-state index in [4.69, 9.17) is 0 Å². The summed E-state index contributed by atoms with van der Waals surface area (Å²) < 4.78 is 2.09. The molecule has 0 saturated carbocycles. The third-order valence-electron chi connectivity index (χ3n) is 3.83. The Labute approximate surface area is 123 Å². The monoisotopic (exact) mass is 285 g/mol. The Morgan fingerprint density at radius 3 is 3.00 bits per heavy atom. The second-order valence-corrected chi connectivity index (χ2v) is 5.56. The molecule has 0 spiro atoms. The molecule has 1 aliphatic rings. The van der Waals surface area contributed by atoms with Gasteiger partial charge in [-0.3, -0.25) is 9.78 Å². The maximum atomic E-state index is 12.1. The van der Waals surface area contributed by atoms with E-state index in [-0.39, 0.29) is 11.9 Å². The lowest BCUT2D eigenvalue weighted by atomic mass is 10.1. The average Bonchev–Trinajstić information content (AvgIpc) is 2.83. The smallest absolute Gasteiger partial charge is 0.224 e. The lowest BCUT2D eigenvalue weighted by Gasteiger charge is -2.24. The minimum atomic E-state index is 0.0415. The van der Waals surface area contributed by atoms with Gasteiger partial charge >= 0.3 is 0 Å². The molecule has 3 heterocycles. The van der Waals surface area contributed by atoms with E-state index in [1.54, 1.807) is 6.20 Å². The molecule has 1 N–H and O–H groups in total. The quantitative estimate of drug-likeness (QED) is 0.912. The molecule has 0 fully saturated rings. The summed E-state index contributed by atoms with van der Waals surface area (Å²) in [5.74, 6) is 1.97. The van der Waals surface area contributed by atoms with E-state index in [0.717, 1.165) is 42.3 Å². The van der Waals surface area contributed by atoms with Gasteiger partial charge in [-0.2, -0.15) is 0 Å². The van der Waals surface area contributed by atoms with Gasteiger partial charge in [0.1, 0.15) is 11.6 Å². The third-order valence-corrected chi connectivity index (χ3v) is 3.83. The lowest BCUT2D eigenvalue weighted by Crippen LogP contribution is -2.41. The molecule has 6 heteroatoms. The fourth-order valence-electron chi connectivity index (χ4n) is 2.65. The van der Waals surface area contributed by atoms with Gasteiger partial charge in [0.05, 0.1) is 6.42 Å². The van der Waals surface area contributed by atoms with Crippen molar-refractivity contribution in [1.29, 1.82) is 0 Å². The number of carbonyl (C=O) groups excluding carboxylic acids is 1. The highest BCUT2D eigenvalue weighted by molar-refractivity contribution is 5.78. The van der Waals surface area contributed by atoms with Gasteiger partial charge in [-0.05, 0) is 31.9 Å². The van der Waals surface area contributed by atoms with Crippen LogP contribution in [0.3, 0.4) is 0 Å². The predicted octanol–water partition coefficient (Wildman–Crippen LogP) is 0.964. The second-order valence-electron chi connectivity index (χ2n) is 5.56. The highest BCUT2D eigenvalue weighted by Crippen LogP contribution is 2.14. The molecule has 1 atom stereocenters. The number of pyridine rings is 1. The summed E-state index contributed by atoms with van der Waals surface area (Å²) >= 11 is 0. The standard InChI is InChI=1S/C15H19N5O/c1-10-3-4-12(8-16-10)7-15(21)17-13-5-6-14-19-18-11(2)20(14)9-13/h3-4,8,13H,5-7,9H2,1-2H3,(H,17,21). The van der Waals surface area contributed by atoms with E-state index in [1.807, 2.05) is 26.0 Å². The van der Waals surface area contributed by atoms with Crippen molar-refractivity contribution in [2.75, 3.05) is 0 Å². The molecule has 2 aromatic heterocycles. The fourth-order valence-corrected chi connectivity index (χ4v) is 2.65. The first-order valence-electron chi connectivity index (χ1n) is 7.21. The number of aromatic nitrogens is 4. The van der Waals surface area contributed by atoms with Crippen molar-refractivity contribution in [3.05, 3.63) is 41.2 Å². The van der Waals surface area contributed by atoms with Crippen LogP contribution in [0, 0.1) is 13.8 Å². The van der Waals surface area contributed by atoms with Crippen LogP contribution in [-0.4, -0.2) is 31.7 Å². The first kappa shape index (κ1) is 13.7. The van der Waals surface area contributed by atoms with Gasteiger partial charge in [0.15, 0.2) is 0 Å². The van der Waals surface area contributed by atoms with E-state index in [2.05, 4.69) is 25.1 Å². The Balaban J connectivity index is 1.58. The van der Waals surface area contributed by atoms with Crippen LogP contribution in [0.15, 0.2) is 18.3 Å². The van der Waals surface area contributed by atoms with Crippen LogP contribution in [-0.2, 0) is 24.2 Å². The number of hydrogen-bond acceptors (Lipinski definition) is 4. The minimum absolute atomic E-state index is 0.0415. The van der Waals surface area contributed by atoms with Gasteiger partial charge in [0.2, 0.25) is 5.91 Å². The first-order chi connectivity index (χ1) is 10.1. The van der Waals surface area contributed by atoms with Crippen molar-refractivity contribution in [3.63, 3.8) is 0 Å². The van der Waals surface area contributed by atoms with Crippen molar-refractivity contribution in [2.24, 2.45) is 0 Å². The van der Waals surface area contributed by atoms with E-state index in [9.17, 15) is 4.79 Å². The van der Waals surface area contributed by atoms with Crippen molar-refractivity contribution in [2.45, 2.75) is 45.7 Å². The number of rotatable bonds is 3. The number of nitrogens with zero attached hydrogens (tertiary/aromatic N) is 4. The maximum Gasteiger partial charge on any atom is 0.224 e. The van der Waals surface area contributed by atoms with E-state index < -0.39 is 0 Å². The number of carbonyl (C=O) groups is 1. The SMILES string of the molecule is Cc1ccc(CC(=O)NC2CCc3nnc(C)n3C2)cn1. The third kappa shape index (κ3) is 3.09. The normalized spacial score (nSPS) is 17.3. The fraction of sp³-hybridized carbons (Fsp3) is 0.467. The molecule has 3 rings (SSSR count). The van der Waals surface area contributed by atoms with E-state index in [0.29, 0.717) is 6.42 Å². The minimum Gasteiger partial charge on any atom is -0.351 e. The Bertz CT molecular complexity index is 647. The topological polar surface area (TPSA) is 72.7 Å². The Morgan fingerprint density at radius 2 is 2.24 bits per heavy atom. The Morgan fingerprint density at radius 1 is 1.38 bits per heavy atom. The zero-order valence-corrected chi connectivity index (χ0v) is 12.3. The molecule has 1 unspecified atom stereocenters. The molecular weight excluding hydrogens is 266 g/mol. The summed E-state index contributed by atoms with van der Waals surface area (Å²) in [6, 6.07) is 4.03. The molecule has 0 saturated heterocycles. The van der Waals surface area contributed by atoms with Crippen LogP contribution in [0.4, 0.5) is 0 Å². The number of aryl methyl sites for hydroxylation is 3. The molecular formula is C15H19N5O. The molecule has 21 heavy (non-hydrogen) atoms. The van der Waals surface area contributed by atoms with Gasteiger partial charge in [-0.25, -0.2) is 0 Å². The number of nitrogens with one attached hydrogen (secondary N) is 1. The number of amides is 1. The van der Waals surface area contributed by atoms with Crippen molar-refractivity contribution in [1.82, 2.24) is 25.1 Å². The maximum absolute atomic E-state index is 12.1. The van der Waals surface area contributed by atoms with Crippen molar-refractivity contribution < 1.29 is 4.79 Å². The molecule has 0 bridgehead atoms. The van der Waals surface area contributed by atoms with Crippen LogP contribution >= 0.6 is 0 Å². The summed E-state index contributed by atoms with van der Waals surface area (Å²) in [5, 5.41) is 11.3. The Kier molecular flexibility index (Phi) is 3.68. The van der Waals surface area contributed by atoms with Crippen LogP contribution < -0.4 is 5.32 Å². The van der Waals surface area contributed by atoms with Gasteiger partial charge in [0.25, 0.3) is 0 Å². The highest BCUT2D eigenvalue weighted by atomic mass is 16.1. The Hall–Kier alpha value is -2.24. The van der Waals surface area contributed by atoms with Crippen molar-refractivity contribution >= 4 is 5.91 Å². The van der Waals surface area contributed by atoms with Crippen molar-refractivity contribution in [3.8, 4) is 0 Å². The van der Waals surface area contributed by atoms with Gasteiger partial charge in [-0.1, -0.05) is 6.07 Å². The summed E-state index contributed by atoms with van der Waals surface area (Å²) in [6.07, 6.45) is 3.91. The van der Waals surface area contributed by atoms with Crippen LogP contribution in [0.25, 0.3) is 0 Å². The molecule has 1 amide bonds. The van der Waals surface area contributed by atoms with E-state index in [1.165, 1.54) is 0 Å². The number of fused-ring (bicyclic) bond motifs is 1. The summed E-state index contributed by atoms with van der Waals surface area (Å²) in [6.45, 7) is 4.63. The molecule has 2 aromatic rings. The lowest BCUT2D eigenvalue weighted by molar-refractivity contribution is -0.121. The van der Waals surface area contributed by atoms with Gasteiger partial charge < -0.3 is 9.88 Å². The molecule has 110 valence electrons. The molecule has 0 radical (unpaired) electrons. The number of hydrogen-bond donors (Lipinski definition) is 1. The zero-order chi connectivity index (χ0) is 14.8. The second kappa shape index (κ2) is 5.63. The summed E-state index contributed by atoms with van der Waals surface area (Å²) in [4.78, 5) is 16.3. The zero-order valence-electron chi connectivity index (χ0n) is 12.3. The molecule has 0 aromatic carbocycles. The largest absolute Gasteiger partial charge is 0.351 e. The van der Waals surface area contributed by atoms with Crippen LogP contribution in [0.5, 0.6) is 0 Å². The summed E-state index contributed by atoms with van der Waals surface area (Å²) in [5.41, 5.74) is 1.90. The summed E-state index contributed by atoms with van der Waals surface area (Å²) in [7, 11) is 0. The highest BCUT2D eigenvalue weighted by Gasteiger charge is 2.22. The first-order valence-corrected chi connectivity index (χ1v) is 7.21. The molecule has 6 nitrogen and oxygen atoms in total. The molecule has 0 aliphatic carbocycles. The van der Waals surface area contributed by atoms with Gasteiger partial charge in [0, 0.05) is 30.9 Å². The van der Waals surface area contributed by atoms with E-state index >= 15 is 0 Å². The van der Waals surface area contributed by atoms with Gasteiger partial charge in [-0.15, -0.1) is 10.2 Å². The average molecular weight is 285 g/mol. The van der Waals surface area contributed by atoms with Crippen LogP contribution in [0.1, 0.15) is 29.3 Å².